The number of carbonyl (C=O) groups is 1. The molecule has 3 aromatic rings. The minimum atomic E-state index is -0.940. The van der Waals surface area contributed by atoms with Crippen LogP contribution in [-0.4, -0.2) is 44.0 Å². The first kappa shape index (κ1) is 16.7. The first-order valence-corrected chi connectivity index (χ1v) is 8.04. The van der Waals surface area contributed by atoms with Crippen LogP contribution in [0.5, 0.6) is 0 Å². The third kappa shape index (κ3) is 3.86. The highest BCUT2D eigenvalue weighted by atomic mass is 32.2. The number of carboxylic acid groups (broad SMARTS) is 1. The Kier molecular flexibility index (Phi) is 4.80. The fourth-order valence-electron chi connectivity index (χ4n) is 2.02. The van der Waals surface area contributed by atoms with Crippen LogP contribution < -0.4 is 0 Å². The molecule has 0 atom stereocenters. The van der Waals surface area contributed by atoms with Gasteiger partial charge in [-0.2, -0.15) is 4.98 Å². The van der Waals surface area contributed by atoms with Crippen LogP contribution in [-0.2, 0) is 9.63 Å². The van der Waals surface area contributed by atoms with Gasteiger partial charge in [0.2, 0.25) is 5.16 Å². The summed E-state index contributed by atoms with van der Waals surface area (Å²) >= 11 is 1.01. The summed E-state index contributed by atoms with van der Waals surface area (Å²) in [7, 11) is 1.29. The lowest BCUT2D eigenvalue weighted by atomic mass is 10.1. The van der Waals surface area contributed by atoms with Crippen molar-refractivity contribution in [1.82, 2.24) is 15.2 Å². The van der Waals surface area contributed by atoms with Crippen molar-refractivity contribution in [2.45, 2.75) is 5.16 Å². The topological polar surface area (TPSA) is 121 Å². The second-order valence-electron chi connectivity index (χ2n) is 4.80. The van der Waals surface area contributed by atoms with Gasteiger partial charge in [0.25, 0.3) is 4.92 Å². The highest BCUT2D eigenvalue weighted by molar-refractivity contribution is 7.99. The zero-order valence-electron chi connectivity index (χ0n) is 13.0. The van der Waals surface area contributed by atoms with Crippen LogP contribution in [0.25, 0.3) is 22.9 Å². The molecule has 0 spiro atoms. The van der Waals surface area contributed by atoms with Gasteiger partial charge in [-0.3, -0.25) is 9.89 Å². The van der Waals surface area contributed by atoms with E-state index in [1.54, 1.807) is 36.4 Å². The molecule has 0 fully saturated rings. The molecule has 1 aromatic carbocycles. The molecule has 0 radical (unpaired) electrons. The van der Waals surface area contributed by atoms with Gasteiger partial charge in [0.05, 0.1) is 10.7 Å². The van der Waals surface area contributed by atoms with Gasteiger partial charge in [0.15, 0.2) is 18.7 Å². The second-order valence-corrected chi connectivity index (χ2v) is 5.74. The Balaban J connectivity index is 1.76. The average molecular weight is 361 g/mol. The number of H-pyrrole nitrogens is 1. The van der Waals surface area contributed by atoms with Gasteiger partial charge in [0, 0.05) is 17.7 Å². The normalized spacial score (nSPS) is 10.6. The summed E-state index contributed by atoms with van der Waals surface area (Å²) in [4.78, 5) is 31.1. The molecule has 9 nitrogen and oxygen atoms in total. The van der Waals surface area contributed by atoms with E-state index in [-0.39, 0.29) is 5.75 Å². The number of nitrogens with one attached hydrogen (secondary N) is 1. The third-order valence-corrected chi connectivity index (χ3v) is 3.99. The van der Waals surface area contributed by atoms with Crippen molar-refractivity contribution in [2.24, 2.45) is 0 Å². The first-order chi connectivity index (χ1) is 12.1. The molecule has 25 heavy (non-hydrogen) atoms. The van der Waals surface area contributed by atoms with E-state index >= 15 is 0 Å². The van der Waals surface area contributed by atoms with Gasteiger partial charge >= 0.3 is 11.7 Å². The summed E-state index contributed by atoms with van der Waals surface area (Å²) in [6.45, 7) is 0. The first-order valence-electron chi connectivity index (χ1n) is 7.06. The van der Waals surface area contributed by atoms with Gasteiger partial charge in [-0.15, -0.1) is 5.10 Å². The van der Waals surface area contributed by atoms with Crippen LogP contribution in [0.3, 0.4) is 0 Å². The number of hydrogen-bond acceptors (Lipinski definition) is 7. The van der Waals surface area contributed by atoms with Crippen molar-refractivity contribution in [1.29, 1.82) is 0 Å². The molecular formula is C15H13N4O5S+. The molecule has 0 unspecified atom stereocenters. The number of aromatic nitrogens is 3. The number of furan rings is 1. The largest absolute Gasteiger partial charge is 0.481 e. The quantitative estimate of drug-likeness (QED) is 0.487. The smallest absolute Gasteiger partial charge is 0.316 e. The number of carboxylic acids is 1. The minimum Gasteiger partial charge on any atom is -0.481 e. The lowest BCUT2D eigenvalue weighted by Gasteiger charge is -1.96. The fourth-order valence-corrected chi connectivity index (χ4v) is 2.54. The van der Waals surface area contributed by atoms with Crippen molar-refractivity contribution < 1.29 is 24.1 Å². The number of nitrogens with zero attached hydrogens (tertiary/aromatic N) is 3. The molecule has 0 bridgehead atoms. The Labute approximate surface area is 145 Å². The molecule has 128 valence electrons. The molecule has 10 heteroatoms. The van der Waals surface area contributed by atoms with E-state index in [2.05, 4.69) is 20.0 Å². The van der Waals surface area contributed by atoms with E-state index in [4.69, 9.17) is 9.52 Å². The molecule has 2 heterocycles. The lowest BCUT2D eigenvalue weighted by Crippen LogP contribution is -1.97. The van der Waals surface area contributed by atoms with Gasteiger partial charge in [-0.05, 0) is 24.3 Å². The number of rotatable bonds is 7. The highest BCUT2D eigenvalue weighted by Gasteiger charge is 2.16. The molecule has 0 amide bonds. The minimum absolute atomic E-state index is 0.120. The Bertz CT molecular complexity index is 903. The van der Waals surface area contributed by atoms with Crippen LogP contribution in [0.2, 0.25) is 0 Å². The zero-order valence-corrected chi connectivity index (χ0v) is 13.8. The molecule has 0 saturated carbocycles. The van der Waals surface area contributed by atoms with Gasteiger partial charge in [0.1, 0.15) is 5.76 Å². The number of thioether (sulfide) groups is 1. The van der Waals surface area contributed by atoms with Crippen molar-refractivity contribution in [3.63, 3.8) is 0 Å². The fraction of sp³-hybridized carbons (Fsp3) is 0.133. The number of benzene rings is 1. The summed E-state index contributed by atoms with van der Waals surface area (Å²) in [5.41, 5.74) is 1.15. The Morgan fingerprint density at radius 2 is 2.00 bits per heavy atom. The van der Waals surface area contributed by atoms with Crippen molar-refractivity contribution in [3.05, 3.63) is 41.3 Å². The summed E-state index contributed by atoms with van der Waals surface area (Å²) in [5.74, 6) is 0.403. The average Bonchev–Trinajstić information content (AvgIpc) is 3.28. The van der Waals surface area contributed by atoms with E-state index in [1.165, 1.54) is 7.11 Å². The summed E-state index contributed by atoms with van der Waals surface area (Å²) in [6.07, 6.45) is 0. The Hall–Kier alpha value is -3.14. The molecule has 0 saturated heterocycles. The molecule has 0 aliphatic rings. The van der Waals surface area contributed by atoms with E-state index in [1.807, 2.05) is 0 Å². The maximum Gasteiger partial charge on any atom is 0.316 e. The van der Waals surface area contributed by atoms with E-state index < -0.39 is 5.97 Å². The lowest BCUT2D eigenvalue weighted by molar-refractivity contribution is -0.736. The van der Waals surface area contributed by atoms with E-state index in [9.17, 15) is 9.70 Å². The van der Waals surface area contributed by atoms with Crippen molar-refractivity contribution in [3.8, 4) is 22.9 Å². The molecule has 0 aliphatic carbocycles. The van der Waals surface area contributed by atoms with Crippen LogP contribution in [0, 0.1) is 4.91 Å². The Morgan fingerprint density at radius 1 is 1.28 bits per heavy atom. The maximum absolute atomic E-state index is 11.4. The van der Waals surface area contributed by atoms with Gasteiger partial charge in [-0.25, -0.2) is 4.84 Å². The third-order valence-electron chi connectivity index (χ3n) is 3.16. The van der Waals surface area contributed by atoms with Crippen molar-refractivity contribution in [2.75, 3.05) is 12.9 Å². The summed E-state index contributed by atoms with van der Waals surface area (Å²) in [5, 5.41) is 15.6. The SMILES string of the molecule is CO[N+](=O)c1ccc(-c2ccc(-c3nc(SCC(=O)O)n[nH]3)o2)cc1. The predicted octanol–water partition coefficient (Wildman–Crippen LogP) is 2.88. The van der Waals surface area contributed by atoms with E-state index in [0.29, 0.717) is 33.1 Å². The maximum atomic E-state index is 11.4. The predicted molar refractivity (Wildman–Crippen MR) is 88.2 cm³/mol. The molecule has 3 rings (SSSR count). The van der Waals surface area contributed by atoms with Crippen LogP contribution in [0.15, 0.2) is 46.0 Å². The number of aromatic amines is 1. The second kappa shape index (κ2) is 7.18. The van der Waals surface area contributed by atoms with Crippen LogP contribution >= 0.6 is 11.8 Å². The Morgan fingerprint density at radius 3 is 2.68 bits per heavy atom. The monoisotopic (exact) mass is 361 g/mol. The zero-order chi connectivity index (χ0) is 17.8. The van der Waals surface area contributed by atoms with Gasteiger partial charge < -0.3 is 9.52 Å². The molecular weight excluding hydrogens is 348 g/mol. The summed E-state index contributed by atoms with van der Waals surface area (Å²) in [6, 6.07) is 10.2. The number of hydrogen-bond donors (Lipinski definition) is 2. The van der Waals surface area contributed by atoms with Gasteiger partial charge in [-0.1, -0.05) is 11.8 Å². The van der Waals surface area contributed by atoms with Crippen LogP contribution in [0.1, 0.15) is 0 Å². The standard InChI is InChI=1S/C15H12N4O5S/c1-23-19(22)10-4-2-9(3-5-10)11-6-7-12(24-11)14-16-15(18-17-14)25-8-13(20)21/h2-7H,8H2,1H3,(H-,16,17,18,20,21,22)/p+1. The van der Waals surface area contributed by atoms with Crippen LogP contribution in [0.4, 0.5) is 5.69 Å². The number of aliphatic carboxylic acids is 1. The molecule has 0 aliphatic heterocycles. The summed E-state index contributed by atoms with van der Waals surface area (Å²) < 4.78 is 5.74. The molecule has 2 aromatic heterocycles. The van der Waals surface area contributed by atoms with Crippen molar-refractivity contribution >= 4 is 23.4 Å². The highest BCUT2D eigenvalue weighted by Crippen LogP contribution is 2.28. The van der Waals surface area contributed by atoms with E-state index in [0.717, 1.165) is 17.3 Å². The molecule has 2 N–H and O–H groups in total.